The normalized spacial score (nSPS) is 22.1. The van der Waals surface area contributed by atoms with Gasteiger partial charge in [0.05, 0.1) is 0 Å². The van der Waals surface area contributed by atoms with Crippen molar-refractivity contribution < 1.29 is 4.39 Å². The zero-order valence-corrected chi connectivity index (χ0v) is 8.15. The van der Waals surface area contributed by atoms with Crippen molar-refractivity contribution in [1.29, 1.82) is 0 Å². The summed E-state index contributed by atoms with van der Waals surface area (Å²) < 4.78 is 14.0. The van der Waals surface area contributed by atoms with Gasteiger partial charge in [-0.05, 0) is 43.2 Å². The van der Waals surface area contributed by atoms with Crippen LogP contribution in [-0.2, 0) is 18.4 Å². The molecule has 3 rings (SSSR count). The molecule has 0 bridgehead atoms. The molecule has 0 saturated heterocycles. The fourth-order valence-corrected chi connectivity index (χ4v) is 2.41. The predicted molar refractivity (Wildman–Crippen MR) is 53.5 cm³/mol. The monoisotopic (exact) mass is 191 g/mol. The van der Waals surface area contributed by atoms with Gasteiger partial charge in [0, 0.05) is 11.1 Å². The maximum absolute atomic E-state index is 14.0. The summed E-state index contributed by atoms with van der Waals surface area (Å²) in [4.78, 5) is 0. The summed E-state index contributed by atoms with van der Waals surface area (Å²) in [6.07, 6.45) is 4.88. The van der Waals surface area contributed by atoms with Crippen LogP contribution in [0.3, 0.4) is 0 Å². The fraction of sp³-hybridized carbons (Fsp3) is 0.500. The third kappa shape index (κ3) is 1.04. The molecule has 74 valence electrons. The van der Waals surface area contributed by atoms with Crippen molar-refractivity contribution in [3.05, 3.63) is 34.6 Å². The highest BCUT2D eigenvalue weighted by atomic mass is 19.1. The first-order valence-corrected chi connectivity index (χ1v) is 5.30. The van der Waals surface area contributed by atoms with Gasteiger partial charge in [-0.15, -0.1) is 0 Å². The Morgan fingerprint density at radius 3 is 2.71 bits per heavy atom. The lowest BCUT2D eigenvalue weighted by Crippen LogP contribution is -2.21. The number of fused-ring (bicyclic) bond motifs is 1. The molecule has 2 aliphatic carbocycles. The molecule has 0 aliphatic heterocycles. The zero-order chi connectivity index (χ0) is 9.76. The minimum absolute atomic E-state index is 0.0139. The highest BCUT2D eigenvalue weighted by Crippen LogP contribution is 2.45. The van der Waals surface area contributed by atoms with Gasteiger partial charge in [-0.25, -0.2) is 4.39 Å². The van der Waals surface area contributed by atoms with Crippen LogP contribution in [0, 0.1) is 5.82 Å². The number of nitrogens with two attached hydrogens (primary N) is 1. The van der Waals surface area contributed by atoms with Crippen molar-refractivity contribution in [1.82, 2.24) is 0 Å². The van der Waals surface area contributed by atoms with E-state index in [1.807, 2.05) is 6.07 Å². The molecule has 1 aromatic carbocycles. The molecule has 0 unspecified atom stereocenters. The number of aryl methyl sites for hydroxylation is 1. The third-order valence-corrected chi connectivity index (χ3v) is 3.54. The lowest BCUT2D eigenvalue weighted by molar-refractivity contribution is 0.566. The van der Waals surface area contributed by atoms with Gasteiger partial charge in [0.2, 0.25) is 0 Å². The summed E-state index contributed by atoms with van der Waals surface area (Å²) in [5.74, 6) is -0.0139. The van der Waals surface area contributed by atoms with Crippen LogP contribution in [-0.4, -0.2) is 0 Å². The highest BCUT2D eigenvalue weighted by molar-refractivity contribution is 5.41. The first kappa shape index (κ1) is 8.42. The van der Waals surface area contributed by atoms with Gasteiger partial charge in [0.1, 0.15) is 5.82 Å². The van der Waals surface area contributed by atoms with E-state index in [4.69, 9.17) is 5.73 Å². The van der Waals surface area contributed by atoms with Crippen LogP contribution in [0.4, 0.5) is 4.39 Å². The summed E-state index contributed by atoms with van der Waals surface area (Å²) in [5, 5.41) is 0. The first-order valence-electron chi connectivity index (χ1n) is 5.30. The van der Waals surface area contributed by atoms with Crippen molar-refractivity contribution in [2.24, 2.45) is 5.73 Å². The van der Waals surface area contributed by atoms with E-state index in [1.54, 1.807) is 0 Å². The molecule has 1 fully saturated rings. The predicted octanol–water partition coefficient (Wildman–Crippen LogP) is 2.26. The molecule has 0 amide bonds. The number of hydrogen-bond donors (Lipinski definition) is 1. The Hall–Kier alpha value is -0.890. The first-order chi connectivity index (χ1) is 6.71. The van der Waals surface area contributed by atoms with Crippen molar-refractivity contribution >= 4 is 0 Å². The van der Waals surface area contributed by atoms with Crippen LogP contribution in [0.1, 0.15) is 36.0 Å². The number of benzene rings is 1. The molecule has 0 aromatic heterocycles. The van der Waals surface area contributed by atoms with Gasteiger partial charge in [-0.2, -0.15) is 0 Å². The van der Waals surface area contributed by atoms with Crippen LogP contribution in [0.15, 0.2) is 12.1 Å². The van der Waals surface area contributed by atoms with Crippen LogP contribution >= 0.6 is 0 Å². The quantitative estimate of drug-likeness (QED) is 0.724. The van der Waals surface area contributed by atoms with E-state index in [1.165, 1.54) is 5.56 Å². The van der Waals surface area contributed by atoms with E-state index in [2.05, 4.69) is 6.07 Å². The molecular formula is C12H14FN. The molecule has 1 aromatic rings. The van der Waals surface area contributed by atoms with E-state index >= 15 is 0 Å². The molecule has 1 nitrogen and oxygen atoms in total. The van der Waals surface area contributed by atoms with Gasteiger partial charge < -0.3 is 5.73 Å². The second kappa shape index (κ2) is 2.57. The Labute approximate surface area is 83.1 Å². The van der Waals surface area contributed by atoms with E-state index in [0.717, 1.165) is 43.2 Å². The van der Waals surface area contributed by atoms with Crippen LogP contribution in [0.5, 0.6) is 0 Å². The molecule has 0 spiro atoms. The minimum atomic E-state index is -0.332. The summed E-state index contributed by atoms with van der Waals surface area (Å²) >= 11 is 0. The Morgan fingerprint density at radius 1 is 1.21 bits per heavy atom. The van der Waals surface area contributed by atoms with Gasteiger partial charge in [0.25, 0.3) is 0 Å². The van der Waals surface area contributed by atoms with Gasteiger partial charge >= 0.3 is 0 Å². The Morgan fingerprint density at radius 2 is 2.00 bits per heavy atom. The van der Waals surface area contributed by atoms with Gasteiger partial charge in [0.15, 0.2) is 0 Å². The highest BCUT2D eigenvalue weighted by Gasteiger charge is 2.42. The Kier molecular flexibility index (Phi) is 1.55. The Bertz CT molecular complexity index is 394. The average Bonchev–Trinajstić information content (AvgIpc) is 2.75. The topological polar surface area (TPSA) is 26.0 Å². The Balaban J connectivity index is 2.15. The van der Waals surface area contributed by atoms with Crippen LogP contribution in [0.25, 0.3) is 0 Å². The summed E-state index contributed by atoms with van der Waals surface area (Å²) in [6.45, 7) is 0. The molecule has 0 radical (unpaired) electrons. The molecule has 2 aliphatic rings. The molecular weight excluding hydrogens is 177 g/mol. The van der Waals surface area contributed by atoms with Gasteiger partial charge in [-0.3, -0.25) is 0 Å². The number of rotatable bonds is 1. The summed E-state index contributed by atoms with van der Waals surface area (Å²) in [5.41, 5.74) is 8.56. The standard InChI is InChI=1S/C12H14FN/c13-11-9-3-1-2-8(9)4-5-10(11)12(14)6-7-12/h4-5H,1-3,6-7,14H2. The van der Waals surface area contributed by atoms with Gasteiger partial charge in [-0.1, -0.05) is 12.1 Å². The maximum Gasteiger partial charge on any atom is 0.131 e. The average molecular weight is 191 g/mol. The van der Waals surface area contributed by atoms with E-state index in [9.17, 15) is 4.39 Å². The minimum Gasteiger partial charge on any atom is -0.321 e. The van der Waals surface area contributed by atoms with E-state index < -0.39 is 0 Å². The lowest BCUT2D eigenvalue weighted by atomic mass is 9.99. The second-order valence-electron chi connectivity index (χ2n) is 4.57. The molecule has 14 heavy (non-hydrogen) atoms. The molecule has 0 heterocycles. The number of hydrogen-bond acceptors (Lipinski definition) is 1. The zero-order valence-electron chi connectivity index (χ0n) is 8.15. The molecule has 0 atom stereocenters. The molecule has 1 saturated carbocycles. The smallest absolute Gasteiger partial charge is 0.131 e. The van der Waals surface area contributed by atoms with Crippen molar-refractivity contribution in [3.8, 4) is 0 Å². The van der Waals surface area contributed by atoms with Crippen LogP contribution in [0.2, 0.25) is 0 Å². The summed E-state index contributed by atoms with van der Waals surface area (Å²) in [7, 11) is 0. The van der Waals surface area contributed by atoms with Crippen LogP contribution < -0.4 is 5.73 Å². The fourth-order valence-electron chi connectivity index (χ4n) is 2.41. The third-order valence-electron chi connectivity index (χ3n) is 3.54. The SMILES string of the molecule is NC1(c2ccc3c(c2F)CCC3)CC1. The van der Waals surface area contributed by atoms with Crippen molar-refractivity contribution in [2.75, 3.05) is 0 Å². The molecule has 2 heteroatoms. The van der Waals surface area contributed by atoms with E-state index in [-0.39, 0.29) is 11.4 Å². The lowest BCUT2D eigenvalue weighted by Gasteiger charge is -2.13. The van der Waals surface area contributed by atoms with E-state index in [0.29, 0.717) is 0 Å². The van der Waals surface area contributed by atoms with Crippen molar-refractivity contribution in [2.45, 2.75) is 37.6 Å². The summed E-state index contributed by atoms with van der Waals surface area (Å²) in [6, 6.07) is 3.96. The second-order valence-corrected chi connectivity index (χ2v) is 4.57. The number of halogens is 1. The maximum atomic E-state index is 14.0. The largest absolute Gasteiger partial charge is 0.321 e. The van der Waals surface area contributed by atoms with Crippen molar-refractivity contribution in [3.63, 3.8) is 0 Å². The molecule has 2 N–H and O–H groups in total.